The molecule has 1 aromatic heterocycles. The smallest absolute Gasteiger partial charge is 0.379 e. The van der Waals surface area contributed by atoms with Gasteiger partial charge < -0.3 is 9.74 Å². The molecule has 23 heavy (non-hydrogen) atoms. The number of nitrogens with zero attached hydrogens (tertiary/aromatic N) is 2. The Morgan fingerprint density at radius 3 is 2.61 bits per heavy atom. The fraction of sp³-hybridized carbons (Fsp3) is 0.600. The van der Waals surface area contributed by atoms with Gasteiger partial charge in [-0.05, 0) is 38.3 Å². The minimum absolute atomic E-state index is 0.0564. The normalized spacial score (nSPS) is 25.2. The van der Waals surface area contributed by atoms with Gasteiger partial charge in [0.25, 0.3) is 5.91 Å². The van der Waals surface area contributed by atoms with E-state index < -0.39 is 11.8 Å². The molecule has 1 amide bonds. The summed E-state index contributed by atoms with van der Waals surface area (Å²) in [5.41, 5.74) is -2.05. The van der Waals surface area contributed by atoms with Crippen LogP contribution >= 0.6 is 11.3 Å². The van der Waals surface area contributed by atoms with Gasteiger partial charge in [-0.15, -0.1) is 11.3 Å². The number of oxime groups is 1. The highest BCUT2D eigenvalue weighted by atomic mass is 32.1. The second-order valence-corrected chi connectivity index (χ2v) is 7.14. The van der Waals surface area contributed by atoms with Crippen LogP contribution in [-0.4, -0.2) is 41.4 Å². The van der Waals surface area contributed by atoms with Crippen LogP contribution in [0.5, 0.6) is 0 Å². The van der Waals surface area contributed by atoms with Gasteiger partial charge in [0.05, 0.1) is 9.75 Å². The molecule has 3 heterocycles. The third kappa shape index (κ3) is 3.08. The lowest BCUT2D eigenvalue weighted by Gasteiger charge is -2.26. The van der Waals surface area contributed by atoms with Crippen molar-refractivity contribution in [1.82, 2.24) is 4.90 Å². The van der Waals surface area contributed by atoms with Crippen molar-refractivity contribution < 1.29 is 22.8 Å². The van der Waals surface area contributed by atoms with Gasteiger partial charge in [0, 0.05) is 19.5 Å². The van der Waals surface area contributed by atoms with Crippen LogP contribution < -0.4 is 0 Å². The van der Waals surface area contributed by atoms with Crippen LogP contribution in [-0.2, 0) is 4.84 Å². The Morgan fingerprint density at radius 2 is 2.00 bits per heavy atom. The fourth-order valence-corrected chi connectivity index (χ4v) is 3.64. The second kappa shape index (κ2) is 5.81. The lowest BCUT2D eigenvalue weighted by molar-refractivity contribution is -0.261. The fourth-order valence-electron chi connectivity index (χ4n) is 2.68. The first-order valence-electron chi connectivity index (χ1n) is 7.51. The zero-order chi connectivity index (χ0) is 16.7. The minimum atomic E-state index is -4.48. The number of rotatable bonds is 2. The van der Waals surface area contributed by atoms with Gasteiger partial charge in [-0.2, -0.15) is 13.2 Å². The molecule has 2 aliphatic heterocycles. The number of amides is 1. The molecular weight excluding hydrogens is 329 g/mol. The van der Waals surface area contributed by atoms with Crippen molar-refractivity contribution in [1.29, 1.82) is 0 Å². The summed E-state index contributed by atoms with van der Waals surface area (Å²) in [5, 5.41) is 3.59. The Hall–Kier alpha value is -1.57. The Balaban J connectivity index is 1.72. The number of likely N-dealkylation sites (tertiary alicyclic amines) is 1. The largest absolute Gasteiger partial charge is 0.431 e. The molecular formula is C15H17F3N2O2S. The number of alkyl halides is 3. The van der Waals surface area contributed by atoms with E-state index in [0.717, 1.165) is 39.3 Å². The highest BCUT2D eigenvalue weighted by Crippen LogP contribution is 2.41. The molecule has 8 heteroatoms. The zero-order valence-electron chi connectivity index (χ0n) is 12.7. The monoisotopic (exact) mass is 346 g/mol. The SMILES string of the molecule is CC1(C(F)(F)F)CC(c2ccc(C(=O)N3CCCCC3)s2)=NO1. The number of piperidine rings is 1. The molecule has 1 saturated heterocycles. The van der Waals surface area contributed by atoms with Gasteiger partial charge in [0.1, 0.15) is 5.71 Å². The predicted octanol–water partition coefficient (Wildman–Crippen LogP) is 3.82. The van der Waals surface area contributed by atoms with Gasteiger partial charge in [-0.25, -0.2) is 0 Å². The van der Waals surface area contributed by atoms with E-state index in [-0.39, 0.29) is 18.0 Å². The first kappa shape index (κ1) is 16.3. The average molecular weight is 346 g/mol. The van der Waals surface area contributed by atoms with E-state index in [1.54, 1.807) is 17.0 Å². The maximum absolute atomic E-state index is 13.0. The van der Waals surface area contributed by atoms with Crippen LogP contribution in [0.3, 0.4) is 0 Å². The van der Waals surface area contributed by atoms with Crippen LogP contribution in [0.25, 0.3) is 0 Å². The molecule has 1 unspecified atom stereocenters. The first-order valence-corrected chi connectivity index (χ1v) is 8.33. The quantitative estimate of drug-likeness (QED) is 0.817. The van der Waals surface area contributed by atoms with Crippen molar-refractivity contribution in [3.63, 3.8) is 0 Å². The molecule has 1 fully saturated rings. The number of halogens is 3. The molecule has 126 valence electrons. The summed E-state index contributed by atoms with van der Waals surface area (Å²) in [5.74, 6) is -0.0564. The highest BCUT2D eigenvalue weighted by molar-refractivity contribution is 7.16. The third-order valence-electron chi connectivity index (χ3n) is 4.21. The topological polar surface area (TPSA) is 41.9 Å². The van der Waals surface area contributed by atoms with E-state index in [1.165, 1.54) is 11.3 Å². The molecule has 0 radical (unpaired) electrons. The molecule has 0 spiro atoms. The summed E-state index contributed by atoms with van der Waals surface area (Å²) in [7, 11) is 0. The number of carbonyl (C=O) groups excluding carboxylic acids is 1. The van der Waals surface area contributed by atoms with Gasteiger partial charge in [-0.1, -0.05) is 5.16 Å². The molecule has 3 rings (SSSR count). The molecule has 1 aromatic rings. The van der Waals surface area contributed by atoms with E-state index in [1.807, 2.05) is 0 Å². The van der Waals surface area contributed by atoms with Crippen LogP contribution in [0.4, 0.5) is 13.2 Å². The third-order valence-corrected chi connectivity index (χ3v) is 5.33. The number of hydrogen-bond acceptors (Lipinski definition) is 4. The standard InChI is InChI=1S/C15H17F3N2O2S/c1-14(15(16,17)18)9-10(19-22-14)11-5-6-12(23-11)13(21)20-7-3-2-4-8-20/h5-6H,2-4,7-9H2,1H3. The van der Waals surface area contributed by atoms with Crippen LogP contribution in [0.2, 0.25) is 0 Å². The van der Waals surface area contributed by atoms with E-state index in [4.69, 9.17) is 0 Å². The Labute approximate surface area is 135 Å². The van der Waals surface area contributed by atoms with E-state index in [0.29, 0.717) is 9.75 Å². The van der Waals surface area contributed by atoms with Crippen molar-refractivity contribution in [2.75, 3.05) is 13.1 Å². The zero-order valence-corrected chi connectivity index (χ0v) is 13.5. The summed E-state index contributed by atoms with van der Waals surface area (Å²) in [6.45, 7) is 2.46. The number of hydrogen-bond donors (Lipinski definition) is 0. The molecule has 0 aliphatic carbocycles. The maximum Gasteiger partial charge on any atom is 0.431 e. The second-order valence-electron chi connectivity index (χ2n) is 6.05. The highest BCUT2D eigenvalue weighted by Gasteiger charge is 2.57. The summed E-state index contributed by atoms with van der Waals surface area (Å²) in [6.07, 6.45) is -1.71. The molecule has 0 N–H and O–H groups in total. The van der Waals surface area contributed by atoms with E-state index >= 15 is 0 Å². The van der Waals surface area contributed by atoms with Crippen molar-refractivity contribution in [3.8, 4) is 0 Å². The molecule has 1 atom stereocenters. The van der Waals surface area contributed by atoms with Gasteiger partial charge >= 0.3 is 6.18 Å². The predicted molar refractivity (Wildman–Crippen MR) is 80.8 cm³/mol. The summed E-state index contributed by atoms with van der Waals surface area (Å²) in [4.78, 5) is 19.9. The van der Waals surface area contributed by atoms with Crippen molar-refractivity contribution in [2.45, 2.75) is 44.4 Å². The Bertz CT molecular complexity index is 635. The summed E-state index contributed by atoms with van der Waals surface area (Å²) < 4.78 is 38.9. The van der Waals surface area contributed by atoms with Gasteiger partial charge in [-0.3, -0.25) is 4.79 Å². The van der Waals surface area contributed by atoms with Crippen molar-refractivity contribution in [2.24, 2.45) is 5.16 Å². The Kier molecular flexibility index (Phi) is 4.12. The van der Waals surface area contributed by atoms with Gasteiger partial charge in [0.15, 0.2) is 0 Å². The summed E-state index contributed by atoms with van der Waals surface area (Å²) in [6, 6.07) is 3.30. The summed E-state index contributed by atoms with van der Waals surface area (Å²) >= 11 is 1.17. The molecule has 0 saturated carbocycles. The first-order chi connectivity index (χ1) is 10.8. The lowest BCUT2D eigenvalue weighted by Crippen LogP contribution is -2.42. The molecule has 4 nitrogen and oxygen atoms in total. The van der Waals surface area contributed by atoms with Crippen molar-refractivity contribution in [3.05, 3.63) is 21.9 Å². The maximum atomic E-state index is 13.0. The van der Waals surface area contributed by atoms with E-state index in [9.17, 15) is 18.0 Å². The Morgan fingerprint density at radius 1 is 1.30 bits per heavy atom. The number of thiophene rings is 1. The van der Waals surface area contributed by atoms with Crippen LogP contribution in [0.1, 0.15) is 47.2 Å². The lowest BCUT2D eigenvalue weighted by atomic mass is 9.99. The molecule has 2 aliphatic rings. The molecule has 0 bridgehead atoms. The number of carbonyl (C=O) groups is 1. The average Bonchev–Trinajstić information content (AvgIpc) is 3.14. The van der Waals surface area contributed by atoms with E-state index in [2.05, 4.69) is 9.99 Å². The van der Waals surface area contributed by atoms with Crippen molar-refractivity contribution >= 4 is 23.0 Å². The van der Waals surface area contributed by atoms with Gasteiger partial charge in [0.2, 0.25) is 5.60 Å². The van der Waals surface area contributed by atoms with Crippen LogP contribution in [0, 0.1) is 0 Å². The molecule has 0 aromatic carbocycles. The van der Waals surface area contributed by atoms with Crippen LogP contribution in [0.15, 0.2) is 17.3 Å². The minimum Gasteiger partial charge on any atom is -0.379 e.